The number of carbonyl (C=O) groups excluding carboxylic acids is 1. The van der Waals surface area contributed by atoms with Crippen LogP contribution in [0.25, 0.3) is 0 Å². The zero-order chi connectivity index (χ0) is 21.1. The number of anilines is 1. The molecular formula is C23H21NO4S2. The minimum Gasteiger partial charge on any atom is -0.325 e. The second-order valence-corrected chi connectivity index (χ2v) is 9.89. The Labute approximate surface area is 180 Å². The third-order valence-electron chi connectivity index (χ3n) is 4.94. The van der Waals surface area contributed by atoms with Gasteiger partial charge in [0.05, 0.1) is 23.1 Å². The van der Waals surface area contributed by atoms with E-state index in [-0.39, 0.29) is 22.7 Å². The van der Waals surface area contributed by atoms with Crippen LogP contribution >= 0.6 is 11.8 Å². The van der Waals surface area contributed by atoms with Gasteiger partial charge in [0.1, 0.15) is 0 Å². The van der Waals surface area contributed by atoms with Gasteiger partial charge < -0.3 is 5.32 Å². The fraction of sp³-hybridized carbons (Fsp3) is 0.174. The number of para-hydroxylation sites is 1. The van der Waals surface area contributed by atoms with Crippen LogP contribution in [0.4, 0.5) is 5.69 Å². The molecule has 0 radical (unpaired) electrons. The molecule has 5 nitrogen and oxygen atoms in total. The lowest BCUT2D eigenvalue weighted by atomic mass is 9.98. The number of nitrogens with one attached hydrogen (secondary N) is 1. The Bertz CT molecular complexity index is 1150. The standard InChI is InChI=1S/C23H21NO4S2/c1-16-11-13-18(14-12-16)30(26,27)28-15-19-22(17-7-3-2-4-8-17)29-21-10-6-5-9-20(21)24-23(19)25/h2-14,19,22H,15H2,1H3,(H,24,25). The Kier molecular flexibility index (Phi) is 5.94. The number of aryl methyl sites for hydroxylation is 1. The Balaban J connectivity index is 1.64. The summed E-state index contributed by atoms with van der Waals surface area (Å²) in [6.07, 6.45) is 0. The van der Waals surface area contributed by atoms with Crippen LogP contribution in [0.5, 0.6) is 0 Å². The second-order valence-electron chi connectivity index (χ2n) is 7.09. The van der Waals surface area contributed by atoms with Crippen LogP contribution < -0.4 is 5.32 Å². The predicted octanol–water partition coefficient (Wildman–Crippen LogP) is 4.80. The van der Waals surface area contributed by atoms with Crippen molar-refractivity contribution in [2.45, 2.75) is 22.0 Å². The number of hydrogen-bond donors (Lipinski definition) is 1. The molecule has 2 unspecified atom stereocenters. The summed E-state index contributed by atoms with van der Waals surface area (Å²) in [4.78, 5) is 14.1. The molecule has 30 heavy (non-hydrogen) atoms. The molecule has 0 aliphatic carbocycles. The number of thioether (sulfide) groups is 1. The van der Waals surface area contributed by atoms with Crippen molar-refractivity contribution in [3.05, 3.63) is 90.0 Å². The van der Waals surface area contributed by atoms with Crippen molar-refractivity contribution < 1.29 is 17.4 Å². The molecule has 1 N–H and O–H groups in total. The summed E-state index contributed by atoms with van der Waals surface area (Å²) < 4.78 is 30.7. The van der Waals surface area contributed by atoms with E-state index in [9.17, 15) is 13.2 Å². The van der Waals surface area contributed by atoms with Gasteiger partial charge in [0.2, 0.25) is 5.91 Å². The Hall–Kier alpha value is -2.61. The molecule has 0 fully saturated rings. The van der Waals surface area contributed by atoms with Crippen molar-refractivity contribution in [3.63, 3.8) is 0 Å². The van der Waals surface area contributed by atoms with Crippen molar-refractivity contribution >= 4 is 33.5 Å². The van der Waals surface area contributed by atoms with Gasteiger partial charge >= 0.3 is 0 Å². The molecule has 0 saturated heterocycles. The molecule has 7 heteroatoms. The maximum atomic E-state index is 13.1. The van der Waals surface area contributed by atoms with Gasteiger partial charge in [0.25, 0.3) is 10.1 Å². The number of hydrogen-bond acceptors (Lipinski definition) is 5. The SMILES string of the molecule is Cc1ccc(S(=O)(=O)OCC2C(=O)Nc3ccccc3SC2c2ccccc2)cc1. The fourth-order valence-electron chi connectivity index (χ4n) is 3.30. The summed E-state index contributed by atoms with van der Waals surface area (Å²) in [5.41, 5.74) is 2.61. The molecule has 154 valence electrons. The lowest BCUT2D eigenvalue weighted by Gasteiger charge is -2.23. The largest absolute Gasteiger partial charge is 0.325 e. The van der Waals surface area contributed by atoms with Gasteiger partial charge in [-0.15, -0.1) is 11.8 Å². The fourth-order valence-corrected chi connectivity index (χ4v) is 5.56. The van der Waals surface area contributed by atoms with Gasteiger partial charge in [0, 0.05) is 10.1 Å². The van der Waals surface area contributed by atoms with Crippen molar-refractivity contribution in [3.8, 4) is 0 Å². The van der Waals surface area contributed by atoms with Crippen LogP contribution in [0, 0.1) is 12.8 Å². The van der Waals surface area contributed by atoms with Crippen LogP contribution in [0.3, 0.4) is 0 Å². The third kappa shape index (κ3) is 4.43. The molecule has 0 spiro atoms. The molecule has 1 aliphatic rings. The van der Waals surface area contributed by atoms with E-state index in [4.69, 9.17) is 4.18 Å². The molecule has 3 aromatic rings. The first-order valence-electron chi connectivity index (χ1n) is 9.52. The van der Waals surface area contributed by atoms with Crippen LogP contribution in [0.2, 0.25) is 0 Å². The molecule has 1 heterocycles. The highest BCUT2D eigenvalue weighted by atomic mass is 32.2. The van der Waals surface area contributed by atoms with Gasteiger partial charge in [-0.05, 0) is 36.8 Å². The topological polar surface area (TPSA) is 72.5 Å². The van der Waals surface area contributed by atoms with E-state index in [1.807, 2.05) is 61.5 Å². The molecule has 3 aromatic carbocycles. The van der Waals surface area contributed by atoms with E-state index >= 15 is 0 Å². The van der Waals surface area contributed by atoms with Crippen molar-refractivity contribution in [1.29, 1.82) is 0 Å². The normalized spacial score (nSPS) is 18.9. The highest BCUT2D eigenvalue weighted by molar-refractivity contribution is 7.99. The van der Waals surface area contributed by atoms with Crippen LogP contribution in [0.15, 0.2) is 88.7 Å². The lowest BCUT2D eigenvalue weighted by molar-refractivity contribution is -0.120. The maximum absolute atomic E-state index is 13.1. The van der Waals surface area contributed by atoms with E-state index in [1.165, 1.54) is 23.9 Å². The molecule has 2 atom stereocenters. The summed E-state index contributed by atoms with van der Waals surface area (Å²) in [5, 5.41) is 2.63. The Morgan fingerprint density at radius 2 is 1.60 bits per heavy atom. The van der Waals surface area contributed by atoms with Crippen molar-refractivity contribution in [2.75, 3.05) is 11.9 Å². The summed E-state index contributed by atoms with van der Waals surface area (Å²) in [6.45, 7) is 1.63. The first-order chi connectivity index (χ1) is 14.4. The van der Waals surface area contributed by atoms with Gasteiger partial charge in [-0.3, -0.25) is 8.98 Å². The van der Waals surface area contributed by atoms with E-state index in [0.29, 0.717) is 0 Å². The zero-order valence-electron chi connectivity index (χ0n) is 16.3. The molecule has 0 aromatic heterocycles. The Morgan fingerprint density at radius 1 is 0.933 bits per heavy atom. The van der Waals surface area contributed by atoms with Gasteiger partial charge in [0.15, 0.2) is 0 Å². The molecular weight excluding hydrogens is 418 g/mol. The third-order valence-corrected chi connectivity index (χ3v) is 7.70. The summed E-state index contributed by atoms with van der Waals surface area (Å²) in [7, 11) is -3.97. The smallest absolute Gasteiger partial charge is 0.296 e. The highest BCUT2D eigenvalue weighted by Crippen LogP contribution is 2.46. The minimum atomic E-state index is -3.97. The van der Waals surface area contributed by atoms with Crippen LogP contribution in [-0.2, 0) is 19.1 Å². The van der Waals surface area contributed by atoms with E-state index in [1.54, 1.807) is 12.1 Å². The number of benzene rings is 3. The van der Waals surface area contributed by atoms with Gasteiger partial charge in [-0.2, -0.15) is 8.42 Å². The molecule has 0 bridgehead atoms. The number of fused-ring (bicyclic) bond motifs is 1. The van der Waals surface area contributed by atoms with Crippen molar-refractivity contribution in [1.82, 2.24) is 0 Å². The second kappa shape index (κ2) is 8.63. The average molecular weight is 440 g/mol. The quantitative estimate of drug-likeness (QED) is 0.578. The van der Waals surface area contributed by atoms with Gasteiger partial charge in [-0.25, -0.2) is 0 Å². The predicted molar refractivity (Wildman–Crippen MR) is 118 cm³/mol. The van der Waals surface area contributed by atoms with E-state index < -0.39 is 16.0 Å². The summed E-state index contributed by atoms with van der Waals surface area (Å²) in [5.74, 6) is -0.953. The number of carbonyl (C=O) groups is 1. The number of rotatable bonds is 5. The Morgan fingerprint density at radius 3 is 2.33 bits per heavy atom. The summed E-state index contributed by atoms with van der Waals surface area (Å²) in [6, 6.07) is 23.6. The highest BCUT2D eigenvalue weighted by Gasteiger charge is 2.35. The molecule has 1 amide bonds. The first kappa shape index (κ1) is 20.7. The lowest BCUT2D eigenvalue weighted by Crippen LogP contribution is -2.30. The first-order valence-corrected chi connectivity index (χ1v) is 11.8. The van der Waals surface area contributed by atoms with Crippen LogP contribution in [0.1, 0.15) is 16.4 Å². The zero-order valence-corrected chi connectivity index (χ0v) is 17.9. The van der Waals surface area contributed by atoms with Gasteiger partial charge in [-0.1, -0.05) is 60.2 Å². The maximum Gasteiger partial charge on any atom is 0.296 e. The van der Waals surface area contributed by atoms with E-state index in [2.05, 4.69) is 5.32 Å². The molecule has 4 rings (SSSR count). The molecule has 1 aliphatic heterocycles. The van der Waals surface area contributed by atoms with Crippen LogP contribution in [-0.4, -0.2) is 20.9 Å². The monoisotopic (exact) mass is 439 g/mol. The summed E-state index contributed by atoms with van der Waals surface area (Å²) >= 11 is 1.53. The molecule has 0 saturated carbocycles. The average Bonchev–Trinajstić information content (AvgIpc) is 2.89. The van der Waals surface area contributed by atoms with E-state index in [0.717, 1.165) is 21.7 Å². The minimum absolute atomic E-state index is 0.0781. The number of amides is 1. The van der Waals surface area contributed by atoms with Crippen molar-refractivity contribution in [2.24, 2.45) is 5.92 Å².